The van der Waals surface area contributed by atoms with Gasteiger partial charge in [0.1, 0.15) is 0 Å². The Bertz CT molecular complexity index is 1910. The third-order valence-corrected chi connectivity index (χ3v) is 7.88. The number of hydrogen-bond acceptors (Lipinski definition) is 5. The minimum atomic E-state index is -0.241. The van der Waals surface area contributed by atoms with Crippen molar-refractivity contribution in [3.63, 3.8) is 0 Å². The molecule has 5 heteroatoms. The molecule has 0 bridgehead atoms. The Morgan fingerprint density at radius 1 is 0.585 bits per heavy atom. The number of aromatic nitrogens is 4. The highest BCUT2D eigenvalue weighted by atomic mass is 15.0. The van der Waals surface area contributed by atoms with E-state index < -0.39 is 0 Å². The number of nitrogens with zero attached hydrogens (tertiary/aromatic N) is 5. The van der Waals surface area contributed by atoms with Crippen molar-refractivity contribution in [3.8, 4) is 62.5 Å². The topological polar surface area (TPSA) is 75.3 Å². The van der Waals surface area contributed by atoms with E-state index in [4.69, 9.17) is 15.0 Å². The summed E-state index contributed by atoms with van der Waals surface area (Å²) >= 11 is 0. The van der Waals surface area contributed by atoms with Crippen molar-refractivity contribution in [1.29, 1.82) is 5.26 Å². The molecule has 0 saturated heterocycles. The smallest absolute Gasteiger partial charge is 0.166 e. The fraction of sp³-hybridized carbons (Fsp3) is 0.0833. The second kappa shape index (κ2) is 9.62. The lowest BCUT2D eigenvalue weighted by Crippen LogP contribution is -2.15. The van der Waals surface area contributed by atoms with Gasteiger partial charge in [-0.05, 0) is 51.6 Å². The van der Waals surface area contributed by atoms with Crippen molar-refractivity contribution < 1.29 is 0 Å². The van der Waals surface area contributed by atoms with Gasteiger partial charge in [-0.3, -0.25) is 4.98 Å². The number of nitriles is 1. The minimum absolute atomic E-state index is 0.241. The maximum absolute atomic E-state index is 9.58. The van der Waals surface area contributed by atoms with Crippen molar-refractivity contribution in [2.75, 3.05) is 0 Å². The summed E-state index contributed by atoms with van der Waals surface area (Å²) in [5.41, 5.74) is 9.88. The first-order chi connectivity index (χ1) is 20.0. The van der Waals surface area contributed by atoms with Crippen LogP contribution in [0, 0.1) is 11.3 Å². The van der Waals surface area contributed by atoms with Crippen LogP contribution in [0.25, 0.3) is 56.4 Å². The zero-order valence-electron chi connectivity index (χ0n) is 22.7. The van der Waals surface area contributed by atoms with E-state index in [2.05, 4.69) is 49.2 Å². The van der Waals surface area contributed by atoms with Crippen LogP contribution in [-0.4, -0.2) is 19.9 Å². The maximum atomic E-state index is 9.58. The summed E-state index contributed by atoms with van der Waals surface area (Å²) < 4.78 is 0. The van der Waals surface area contributed by atoms with Crippen molar-refractivity contribution in [3.05, 3.63) is 132 Å². The molecule has 1 aliphatic rings. The standard InChI is InChI=1S/C36H25N5/c1-36(2)30-15-9-14-27(32(30)28-17-16-23(21-37)20-31(28)36)26-18-19-38-22-29(26)35-40-33(24-10-5-3-6-11-24)39-34(41-35)25-12-7-4-8-13-25/h3-20,22H,1-2H3. The second-order valence-corrected chi connectivity index (χ2v) is 10.7. The molecule has 0 saturated carbocycles. The first-order valence-corrected chi connectivity index (χ1v) is 13.5. The highest BCUT2D eigenvalue weighted by molar-refractivity contribution is 5.96. The van der Waals surface area contributed by atoms with Crippen LogP contribution < -0.4 is 0 Å². The largest absolute Gasteiger partial charge is 0.264 e. The number of pyridine rings is 1. The molecule has 4 aromatic carbocycles. The molecular weight excluding hydrogens is 502 g/mol. The lowest BCUT2D eigenvalue weighted by Gasteiger charge is -2.22. The second-order valence-electron chi connectivity index (χ2n) is 10.7. The van der Waals surface area contributed by atoms with E-state index in [1.54, 1.807) is 0 Å². The Morgan fingerprint density at radius 3 is 1.90 bits per heavy atom. The Kier molecular flexibility index (Phi) is 5.76. The molecule has 0 unspecified atom stereocenters. The molecule has 1 aliphatic carbocycles. The molecule has 7 rings (SSSR count). The molecule has 0 aliphatic heterocycles. The van der Waals surface area contributed by atoms with Crippen molar-refractivity contribution in [2.45, 2.75) is 19.3 Å². The highest BCUT2D eigenvalue weighted by Crippen LogP contribution is 2.53. The molecule has 2 heterocycles. The summed E-state index contributed by atoms with van der Waals surface area (Å²) in [6.45, 7) is 4.45. The number of fused-ring (bicyclic) bond motifs is 3. The third-order valence-electron chi connectivity index (χ3n) is 7.88. The molecule has 5 nitrogen and oxygen atoms in total. The average molecular weight is 528 g/mol. The zero-order valence-corrected chi connectivity index (χ0v) is 22.7. The van der Waals surface area contributed by atoms with Crippen LogP contribution in [0.4, 0.5) is 0 Å². The zero-order chi connectivity index (χ0) is 28.0. The summed E-state index contributed by atoms with van der Waals surface area (Å²) in [4.78, 5) is 19.3. The van der Waals surface area contributed by atoms with Gasteiger partial charge < -0.3 is 0 Å². The SMILES string of the molecule is CC1(C)c2cc(C#N)ccc2-c2c(-c3ccncc3-c3nc(-c4ccccc4)nc(-c4ccccc4)n3)cccc21. The summed E-state index contributed by atoms with van der Waals surface area (Å²) in [5, 5.41) is 9.58. The Labute approximate surface area is 238 Å². The molecule has 0 atom stereocenters. The predicted molar refractivity (Wildman–Crippen MR) is 162 cm³/mol. The van der Waals surface area contributed by atoms with Crippen molar-refractivity contribution in [1.82, 2.24) is 19.9 Å². The molecule has 41 heavy (non-hydrogen) atoms. The summed E-state index contributed by atoms with van der Waals surface area (Å²) in [6, 6.07) is 36.8. The van der Waals surface area contributed by atoms with Gasteiger partial charge in [0.2, 0.25) is 0 Å². The lowest BCUT2D eigenvalue weighted by atomic mass is 9.81. The van der Waals surface area contributed by atoms with Crippen LogP contribution in [0.3, 0.4) is 0 Å². The average Bonchev–Trinajstić information content (AvgIpc) is 3.27. The molecular formula is C36H25N5. The quantitative estimate of drug-likeness (QED) is 0.231. The maximum Gasteiger partial charge on any atom is 0.166 e. The van der Waals surface area contributed by atoms with Gasteiger partial charge in [0.05, 0.1) is 11.6 Å². The molecule has 194 valence electrons. The fourth-order valence-corrected chi connectivity index (χ4v) is 5.82. The molecule has 0 amide bonds. The minimum Gasteiger partial charge on any atom is -0.264 e. The first kappa shape index (κ1) is 24.6. The van der Waals surface area contributed by atoms with E-state index in [1.165, 1.54) is 11.1 Å². The van der Waals surface area contributed by atoms with E-state index in [0.717, 1.165) is 38.9 Å². The number of hydrogen-bond donors (Lipinski definition) is 0. The van der Waals surface area contributed by atoms with Crippen LogP contribution in [0.1, 0.15) is 30.5 Å². The van der Waals surface area contributed by atoms with Crippen molar-refractivity contribution in [2.24, 2.45) is 0 Å². The number of benzene rings is 4. The van der Waals surface area contributed by atoms with Crippen LogP contribution >= 0.6 is 0 Å². The highest BCUT2D eigenvalue weighted by Gasteiger charge is 2.37. The molecule has 0 N–H and O–H groups in total. The Morgan fingerprint density at radius 2 is 1.24 bits per heavy atom. The summed E-state index contributed by atoms with van der Waals surface area (Å²) in [5.74, 6) is 1.78. The normalized spacial score (nSPS) is 12.8. The van der Waals surface area contributed by atoms with Gasteiger partial charge in [0.25, 0.3) is 0 Å². The first-order valence-electron chi connectivity index (χ1n) is 13.5. The van der Waals surface area contributed by atoms with Gasteiger partial charge in [0, 0.05) is 34.5 Å². The fourth-order valence-electron chi connectivity index (χ4n) is 5.82. The molecule has 6 aromatic rings. The van der Waals surface area contributed by atoms with E-state index >= 15 is 0 Å². The van der Waals surface area contributed by atoms with Gasteiger partial charge in [0.15, 0.2) is 17.5 Å². The summed E-state index contributed by atoms with van der Waals surface area (Å²) in [7, 11) is 0. The van der Waals surface area contributed by atoms with Gasteiger partial charge in [-0.15, -0.1) is 0 Å². The molecule has 0 spiro atoms. The molecule has 2 aromatic heterocycles. The van der Waals surface area contributed by atoms with Crippen LogP contribution in [0.5, 0.6) is 0 Å². The third kappa shape index (κ3) is 4.09. The Balaban J connectivity index is 1.47. The summed E-state index contributed by atoms with van der Waals surface area (Å²) in [6.07, 6.45) is 3.66. The van der Waals surface area contributed by atoms with E-state index in [0.29, 0.717) is 23.0 Å². The monoisotopic (exact) mass is 527 g/mol. The molecule has 0 radical (unpaired) electrons. The van der Waals surface area contributed by atoms with E-state index in [9.17, 15) is 5.26 Å². The van der Waals surface area contributed by atoms with E-state index in [-0.39, 0.29) is 5.41 Å². The van der Waals surface area contributed by atoms with Crippen LogP contribution in [0.15, 0.2) is 116 Å². The van der Waals surface area contributed by atoms with Crippen LogP contribution in [-0.2, 0) is 5.41 Å². The predicted octanol–water partition coefficient (Wildman–Crippen LogP) is 8.11. The van der Waals surface area contributed by atoms with Crippen molar-refractivity contribution >= 4 is 0 Å². The number of rotatable bonds is 4. The lowest BCUT2D eigenvalue weighted by molar-refractivity contribution is 0.660. The van der Waals surface area contributed by atoms with E-state index in [1.807, 2.05) is 91.3 Å². The van der Waals surface area contributed by atoms with Crippen LogP contribution in [0.2, 0.25) is 0 Å². The Hall–Kier alpha value is -5.47. The van der Waals surface area contributed by atoms with Gasteiger partial charge in [-0.2, -0.15) is 5.26 Å². The molecule has 0 fully saturated rings. The van der Waals surface area contributed by atoms with Gasteiger partial charge in [-0.1, -0.05) is 98.8 Å². The van der Waals surface area contributed by atoms with Gasteiger partial charge >= 0.3 is 0 Å². The van der Waals surface area contributed by atoms with Gasteiger partial charge in [-0.25, -0.2) is 15.0 Å².